The van der Waals surface area contributed by atoms with Gasteiger partial charge < -0.3 is 0 Å². The van der Waals surface area contributed by atoms with Crippen molar-refractivity contribution in [2.75, 3.05) is 0 Å². The molecule has 15 heavy (non-hydrogen) atoms. The van der Waals surface area contributed by atoms with Crippen molar-refractivity contribution in [3.8, 4) is 0 Å². The van der Waals surface area contributed by atoms with E-state index in [9.17, 15) is 0 Å². The highest BCUT2D eigenvalue weighted by Gasteiger charge is 2.26. The minimum absolute atomic E-state index is 0.413. The van der Waals surface area contributed by atoms with Gasteiger partial charge in [0.15, 0.2) is 0 Å². The topological polar surface area (TPSA) is 12.4 Å². The van der Waals surface area contributed by atoms with E-state index in [-0.39, 0.29) is 0 Å². The van der Waals surface area contributed by atoms with Gasteiger partial charge in [-0.2, -0.15) is 0 Å². The maximum atomic E-state index is 4.59. The maximum Gasteiger partial charge on any atom is 0.0655 e. The van der Waals surface area contributed by atoms with Gasteiger partial charge in [0.05, 0.1) is 16.3 Å². The fourth-order valence-electron chi connectivity index (χ4n) is 2.19. The van der Waals surface area contributed by atoms with Gasteiger partial charge in [0.25, 0.3) is 0 Å². The molecule has 1 unspecified atom stereocenters. The van der Waals surface area contributed by atoms with Crippen LogP contribution in [0, 0.1) is 13.8 Å². The number of rotatable bonds is 1. The summed E-state index contributed by atoms with van der Waals surface area (Å²) in [6.45, 7) is 8.62. The van der Waals surface area contributed by atoms with E-state index in [1.165, 1.54) is 21.7 Å². The number of nitrogens with zero attached hydrogens (tertiary/aromatic N) is 1. The summed E-state index contributed by atoms with van der Waals surface area (Å²) >= 11 is 1.89. The molecule has 1 nitrogen and oxygen atoms in total. The Bertz CT molecular complexity index is 389. The first-order chi connectivity index (χ1) is 7.06. The van der Waals surface area contributed by atoms with Crippen LogP contribution in [0.2, 0.25) is 0 Å². The molecular formula is C13H17NS. The quantitative estimate of drug-likeness (QED) is 0.698. The first-order valence-corrected chi connectivity index (χ1v) is 6.23. The lowest BCUT2D eigenvalue weighted by Gasteiger charge is -2.15. The van der Waals surface area contributed by atoms with Crippen LogP contribution in [0.15, 0.2) is 23.2 Å². The lowest BCUT2D eigenvalue weighted by Crippen LogP contribution is -2.05. The summed E-state index contributed by atoms with van der Waals surface area (Å²) in [6, 6.07) is 7.21. The third kappa shape index (κ3) is 2.25. The first-order valence-electron chi connectivity index (χ1n) is 5.35. The van der Waals surface area contributed by atoms with Gasteiger partial charge in [0.1, 0.15) is 0 Å². The van der Waals surface area contributed by atoms with E-state index in [4.69, 9.17) is 0 Å². The van der Waals surface area contributed by atoms with Gasteiger partial charge in [-0.05, 0) is 33.3 Å². The summed E-state index contributed by atoms with van der Waals surface area (Å²) in [5.74, 6) is 0. The van der Waals surface area contributed by atoms with Crippen LogP contribution >= 0.6 is 11.8 Å². The molecule has 80 valence electrons. The van der Waals surface area contributed by atoms with Crippen molar-refractivity contribution < 1.29 is 0 Å². The van der Waals surface area contributed by atoms with Gasteiger partial charge in [0.2, 0.25) is 0 Å². The predicted molar refractivity (Wildman–Crippen MR) is 68.8 cm³/mol. The van der Waals surface area contributed by atoms with Gasteiger partial charge in [-0.25, -0.2) is 0 Å². The van der Waals surface area contributed by atoms with E-state index in [0.717, 1.165) is 0 Å². The largest absolute Gasteiger partial charge is 0.279 e. The van der Waals surface area contributed by atoms with Crippen molar-refractivity contribution in [3.63, 3.8) is 0 Å². The fourth-order valence-corrected chi connectivity index (χ4v) is 3.31. The van der Waals surface area contributed by atoms with E-state index < -0.39 is 0 Å². The minimum Gasteiger partial charge on any atom is -0.279 e. The van der Waals surface area contributed by atoms with E-state index in [1.807, 2.05) is 11.8 Å². The average molecular weight is 219 g/mol. The molecule has 1 aliphatic rings. The summed E-state index contributed by atoms with van der Waals surface area (Å²) in [4.78, 5) is 4.59. The Kier molecular flexibility index (Phi) is 2.87. The molecule has 0 radical (unpaired) electrons. The van der Waals surface area contributed by atoms with Crippen LogP contribution in [0.5, 0.6) is 0 Å². The van der Waals surface area contributed by atoms with E-state index in [0.29, 0.717) is 11.3 Å². The van der Waals surface area contributed by atoms with Crippen molar-refractivity contribution in [2.24, 2.45) is 4.99 Å². The van der Waals surface area contributed by atoms with E-state index in [1.54, 1.807) is 0 Å². The van der Waals surface area contributed by atoms with Gasteiger partial charge in [-0.3, -0.25) is 4.99 Å². The van der Waals surface area contributed by atoms with Crippen molar-refractivity contribution in [3.05, 3.63) is 34.9 Å². The highest BCUT2D eigenvalue weighted by atomic mass is 32.2. The lowest BCUT2D eigenvalue weighted by atomic mass is 10.0. The Labute approximate surface area is 96.0 Å². The second kappa shape index (κ2) is 4.01. The Morgan fingerprint density at radius 2 is 1.67 bits per heavy atom. The summed E-state index contributed by atoms with van der Waals surface area (Å²) in [5.41, 5.74) is 4.12. The van der Waals surface area contributed by atoms with Crippen LogP contribution in [-0.4, -0.2) is 11.1 Å². The molecule has 0 N–H and O–H groups in total. The molecule has 2 heteroatoms. The molecule has 1 aliphatic heterocycles. The molecule has 0 aliphatic carbocycles. The number of benzene rings is 1. The number of aryl methyl sites for hydroxylation is 2. The van der Waals surface area contributed by atoms with E-state index in [2.05, 4.69) is 50.9 Å². The second-order valence-electron chi connectivity index (χ2n) is 4.35. The number of aliphatic imine (C=N–C) groups is 1. The molecule has 1 heterocycles. The van der Waals surface area contributed by atoms with Crippen LogP contribution < -0.4 is 0 Å². The highest BCUT2D eigenvalue weighted by Crippen LogP contribution is 2.40. The van der Waals surface area contributed by atoms with Crippen LogP contribution in [0.25, 0.3) is 0 Å². The third-order valence-corrected chi connectivity index (χ3v) is 4.06. The van der Waals surface area contributed by atoms with Crippen molar-refractivity contribution in [2.45, 2.75) is 39.0 Å². The molecule has 0 fully saturated rings. The van der Waals surface area contributed by atoms with E-state index >= 15 is 0 Å². The molecule has 1 aromatic carbocycles. The molecule has 0 amide bonds. The molecule has 0 saturated carbocycles. The average Bonchev–Trinajstić information content (AvgIpc) is 2.43. The Balaban J connectivity index is 2.31. The smallest absolute Gasteiger partial charge is 0.0655 e. The molecular weight excluding hydrogens is 202 g/mol. The molecule has 0 spiro atoms. The van der Waals surface area contributed by atoms with Crippen LogP contribution in [0.3, 0.4) is 0 Å². The second-order valence-corrected chi connectivity index (χ2v) is 5.68. The highest BCUT2D eigenvalue weighted by molar-refractivity contribution is 8.14. The van der Waals surface area contributed by atoms with Gasteiger partial charge >= 0.3 is 0 Å². The van der Waals surface area contributed by atoms with Crippen LogP contribution in [0.4, 0.5) is 0 Å². The normalized spacial score (nSPS) is 25.5. The Hall–Kier alpha value is -0.760. The molecule has 2 rings (SSSR count). The van der Waals surface area contributed by atoms with Crippen molar-refractivity contribution >= 4 is 16.8 Å². The molecule has 2 atom stereocenters. The Morgan fingerprint density at radius 1 is 1.07 bits per heavy atom. The zero-order valence-electron chi connectivity index (χ0n) is 9.74. The third-order valence-electron chi connectivity index (χ3n) is 2.69. The van der Waals surface area contributed by atoms with Gasteiger partial charge in [0, 0.05) is 0 Å². The zero-order valence-corrected chi connectivity index (χ0v) is 10.6. The van der Waals surface area contributed by atoms with Crippen LogP contribution in [-0.2, 0) is 0 Å². The number of thioether (sulfide) groups is 1. The minimum atomic E-state index is 0.413. The molecule has 0 saturated heterocycles. The molecule has 0 aromatic heterocycles. The van der Waals surface area contributed by atoms with Crippen molar-refractivity contribution in [1.82, 2.24) is 0 Å². The first kappa shape index (κ1) is 10.7. The summed E-state index contributed by atoms with van der Waals surface area (Å²) in [5, 5.41) is 1.73. The standard InChI is InChI=1S/C13H17NS/c1-8-5-9(2)7-12(6-8)13-10(3)14-11(4)15-13/h5-7,10,13H,1-4H3/t10-,13?/m1/s1. The van der Waals surface area contributed by atoms with Gasteiger partial charge in [-0.1, -0.05) is 29.3 Å². The summed E-state index contributed by atoms with van der Waals surface area (Å²) < 4.78 is 0. The summed E-state index contributed by atoms with van der Waals surface area (Å²) in [7, 11) is 0. The van der Waals surface area contributed by atoms with Gasteiger partial charge in [-0.15, -0.1) is 11.8 Å². The Morgan fingerprint density at radius 3 is 2.13 bits per heavy atom. The number of hydrogen-bond acceptors (Lipinski definition) is 2. The number of hydrogen-bond donors (Lipinski definition) is 0. The molecule has 0 bridgehead atoms. The van der Waals surface area contributed by atoms with Crippen LogP contribution in [0.1, 0.15) is 35.8 Å². The lowest BCUT2D eigenvalue weighted by molar-refractivity contribution is 0.739. The maximum absolute atomic E-state index is 4.59. The van der Waals surface area contributed by atoms with Crippen molar-refractivity contribution in [1.29, 1.82) is 0 Å². The SMILES string of the molecule is CC1=N[C@H](C)C(c2cc(C)cc(C)c2)S1. The fraction of sp³-hybridized carbons (Fsp3) is 0.462. The monoisotopic (exact) mass is 219 g/mol. The summed E-state index contributed by atoms with van der Waals surface area (Å²) in [6.07, 6.45) is 0. The predicted octanol–water partition coefficient (Wildman–Crippen LogP) is 3.90. The molecule has 1 aromatic rings. The zero-order chi connectivity index (χ0) is 11.0.